The molecule has 2 heterocycles. The Balaban J connectivity index is 2.38. The molecule has 0 aromatic heterocycles. The molecule has 0 N–H and O–H groups in total. The first kappa shape index (κ1) is 4.73. The van der Waals surface area contributed by atoms with Gasteiger partial charge in [-0.25, -0.2) is 0 Å². The van der Waals surface area contributed by atoms with Crippen LogP contribution < -0.4 is 0 Å². The normalized spacial score (nSPS) is 22.2. The lowest BCUT2D eigenvalue weighted by molar-refractivity contribution is 0.306. The Labute approximate surface area is 52.7 Å². The van der Waals surface area contributed by atoms with E-state index in [9.17, 15) is 0 Å². The van der Waals surface area contributed by atoms with Gasteiger partial charge in [-0.1, -0.05) is 6.08 Å². The molecule has 0 bridgehead atoms. The number of hydrogen-bond acceptors (Lipinski definition) is 3. The van der Waals surface area contributed by atoms with Crippen molar-refractivity contribution >= 4 is 12.1 Å². The molecule has 0 aliphatic carbocycles. The highest BCUT2D eigenvalue weighted by Gasteiger charge is 2.14. The van der Waals surface area contributed by atoms with E-state index in [0.717, 1.165) is 18.6 Å². The molecular formula is C6H6N2O. The summed E-state index contributed by atoms with van der Waals surface area (Å²) in [7, 11) is 0. The number of ether oxygens (including phenoxy) is 1. The van der Waals surface area contributed by atoms with Crippen molar-refractivity contribution < 1.29 is 4.74 Å². The van der Waals surface area contributed by atoms with E-state index >= 15 is 0 Å². The van der Waals surface area contributed by atoms with Crippen LogP contribution in [-0.4, -0.2) is 18.7 Å². The summed E-state index contributed by atoms with van der Waals surface area (Å²) in [5.41, 5.74) is 1.03. The minimum Gasteiger partial charge on any atom is -0.476 e. The van der Waals surface area contributed by atoms with E-state index in [1.807, 2.05) is 0 Å². The van der Waals surface area contributed by atoms with Crippen molar-refractivity contribution in [3.05, 3.63) is 11.6 Å². The maximum Gasteiger partial charge on any atom is 0.242 e. The highest BCUT2D eigenvalue weighted by molar-refractivity contribution is 6.15. The van der Waals surface area contributed by atoms with Crippen LogP contribution in [0.5, 0.6) is 0 Å². The Bertz CT molecular complexity index is 215. The third-order valence-corrected chi connectivity index (χ3v) is 1.31. The molecule has 9 heavy (non-hydrogen) atoms. The predicted octanol–water partition coefficient (Wildman–Crippen LogP) is 0.731. The van der Waals surface area contributed by atoms with E-state index in [1.54, 1.807) is 6.21 Å². The predicted molar refractivity (Wildman–Crippen MR) is 34.6 cm³/mol. The third-order valence-electron chi connectivity index (χ3n) is 1.31. The van der Waals surface area contributed by atoms with Crippen LogP contribution in [0.2, 0.25) is 0 Å². The molecule has 0 unspecified atom stereocenters. The summed E-state index contributed by atoms with van der Waals surface area (Å²) in [5.74, 6) is 0.682. The second-order valence-corrected chi connectivity index (χ2v) is 1.95. The van der Waals surface area contributed by atoms with Crippen LogP contribution in [0.15, 0.2) is 21.9 Å². The summed E-state index contributed by atoms with van der Waals surface area (Å²) >= 11 is 0. The maximum atomic E-state index is 5.16. The molecule has 3 heteroatoms. The first-order valence-corrected chi connectivity index (χ1v) is 2.91. The summed E-state index contributed by atoms with van der Waals surface area (Å²) in [6.45, 7) is 0.742. The Morgan fingerprint density at radius 2 is 2.56 bits per heavy atom. The standard InChI is InChI=1S/C6H6N2O/c1-2-5-4-7-8-6(5)9-3-1/h2,4H,1,3H2. The van der Waals surface area contributed by atoms with Gasteiger partial charge in [-0.3, -0.25) is 0 Å². The molecule has 0 atom stereocenters. The fourth-order valence-corrected chi connectivity index (χ4v) is 0.879. The van der Waals surface area contributed by atoms with Gasteiger partial charge in [0.1, 0.15) is 0 Å². The largest absolute Gasteiger partial charge is 0.476 e. The molecule has 2 rings (SSSR count). The average Bonchev–Trinajstić information content (AvgIpc) is 2.33. The molecule has 0 aromatic rings. The van der Waals surface area contributed by atoms with Crippen LogP contribution in [0, 0.1) is 0 Å². The zero-order valence-corrected chi connectivity index (χ0v) is 4.87. The van der Waals surface area contributed by atoms with E-state index in [2.05, 4.69) is 16.3 Å². The monoisotopic (exact) mass is 122 g/mol. The zero-order chi connectivity index (χ0) is 6.10. The van der Waals surface area contributed by atoms with Crippen molar-refractivity contribution in [3.8, 4) is 0 Å². The first-order valence-electron chi connectivity index (χ1n) is 2.91. The van der Waals surface area contributed by atoms with E-state index in [4.69, 9.17) is 4.74 Å². The number of nitrogens with zero attached hydrogens (tertiary/aromatic N) is 2. The van der Waals surface area contributed by atoms with Crippen LogP contribution in [0.25, 0.3) is 0 Å². The second-order valence-electron chi connectivity index (χ2n) is 1.95. The van der Waals surface area contributed by atoms with Crippen molar-refractivity contribution in [2.75, 3.05) is 6.61 Å². The van der Waals surface area contributed by atoms with Gasteiger partial charge in [-0.15, -0.1) is 5.10 Å². The number of hydrogen-bond donors (Lipinski definition) is 0. The minimum absolute atomic E-state index is 0.682. The second kappa shape index (κ2) is 1.69. The van der Waals surface area contributed by atoms with Crippen LogP contribution in [0.4, 0.5) is 0 Å². The quantitative estimate of drug-likeness (QED) is 0.466. The molecule has 46 valence electrons. The highest BCUT2D eigenvalue weighted by Crippen LogP contribution is 2.11. The van der Waals surface area contributed by atoms with Gasteiger partial charge in [-0.05, 0) is 0 Å². The van der Waals surface area contributed by atoms with Crippen LogP contribution >= 0.6 is 0 Å². The smallest absolute Gasteiger partial charge is 0.242 e. The average molecular weight is 122 g/mol. The summed E-state index contributed by atoms with van der Waals surface area (Å²) in [5, 5.41) is 7.45. The van der Waals surface area contributed by atoms with E-state index in [1.165, 1.54) is 0 Å². The summed E-state index contributed by atoms with van der Waals surface area (Å²) in [6, 6.07) is 0. The Morgan fingerprint density at radius 3 is 3.44 bits per heavy atom. The molecule has 3 nitrogen and oxygen atoms in total. The molecule has 0 aromatic carbocycles. The lowest BCUT2D eigenvalue weighted by Gasteiger charge is -2.08. The molecule has 2 aliphatic rings. The lowest BCUT2D eigenvalue weighted by atomic mass is 10.2. The summed E-state index contributed by atoms with van der Waals surface area (Å²) in [6.07, 6.45) is 4.77. The van der Waals surface area contributed by atoms with Crippen molar-refractivity contribution in [2.24, 2.45) is 10.2 Å². The van der Waals surface area contributed by atoms with Crippen molar-refractivity contribution in [2.45, 2.75) is 6.42 Å². The lowest BCUT2D eigenvalue weighted by Crippen LogP contribution is -2.11. The Kier molecular flexibility index (Phi) is 0.886. The SMILES string of the molecule is C1=NN=C2OCCC=C12. The van der Waals surface area contributed by atoms with Gasteiger partial charge < -0.3 is 4.74 Å². The number of fused-ring (bicyclic) bond motifs is 1. The highest BCUT2D eigenvalue weighted by atomic mass is 16.5. The fraction of sp³-hybridized carbons (Fsp3) is 0.333. The van der Waals surface area contributed by atoms with Crippen molar-refractivity contribution in [1.29, 1.82) is 0 Å². The molecule has 0 radical (unpaired) electrons. The van der Waals surface area contributed by atoms with E-state index in [-0.39, 0.29) is 0 Å². The van der Waals surface area contributed by atoms with Gasteiger partial charge in [-0.2, -0.15) is 5.10 Å². The topological polar surface area (TPSA) is 34.0 Å². The third kappa shape index (κ3) is 0.650. The maximum absolute atomic E-state index is 5.16. The first-order chi connectivity index (χ1) is 4.47. The molecule has 0 spiro atoms. The Morgan fingerprint density at radius 1 is 1.56 bits per heavy atom. The molecular weight excluding hydrogens is 116 g/mol. The molecule has 0 saturated heterocycles. The molecule has 0 fully saturated rings. The van der Waals surface area contributed by atoms with Crippen molar-refractivity contribution in [3.63, 3.8) is 0 Å². The van der Waals surface area contributed by atoms with Gasteiger partial charge in [0.2, 0.25) is 5.90 Å². The van der Waals surface area contributed by atoms with Gasteiger partial charge in [0, 0.05) is 6.42 Å². The summed E-state index contributed by atoms with van der Waals surface area (Å²) < 4.78 is 5.16. The molecule has 0 saturated carbocycles. The van der Waals surface area contributed by atoms with Gasteiger partial charge in [0.25, 0.3) is 0 Å². The van der Waals surface area contributed by atoms with Crippen LogP contribution in [0.3, 0.4) is 0 Å². The summed E-state index contributed by atoms with van der Waals surface area (Å²) in [4.78, 5) is 0. The van der Waals surface area contributed by atoms with E-state index < -0.39 is 0 Å². The molecule has 2 aliphatic heterocycles. The number of rotatable bonds is 0. The van der Waals surface area contributed by atoms with Crippen LogP contribution in [0.1, 0.15) is 6.42 Å². The van der Waals surface area contributed by atoms with Gasteiger partial charge >= 0.3 is 0 Å². The minimum atomic E-state index is 0.682. The van der Waals surface area contributed by atoms with Crippen molar-refractivity contribution in [1.82, 2.24) is 0 Å². The van der Waals surface area contributed by atoms with E-state index in [0.29, 0.717) is 5.90 Å². The molecule has 0 amide bonds. The van der Waals surface area contributed by atoms with Gasteiger partial charge in [0.05, 0.1) is 18.4 Å². The fourth-order valence-electron chi connectivity index (χ4n) is 0.879. The Hall–Kier alpha value is -1.12. The van der Waals surface area contributed by atoms with Gasteiger partial charge in [0.15, 0.2) is 0 Å². The zero-order valence-electron chi connectivity index (χ0n) is 4.87. The van der Waals surface area contributed by atoms with Crippen LogP contribution in [-0.2, 0) is 4.74 Å².